The van der Waals surface area contributed by atoms with E-state index in [2.05, 4.69) is 4.72 Å². The van der Waals surface area contributed by atoms with E-state index in [9.17, 15) is 12.8 Å². The van der Waals surface area contributed by atoms with Gasteiger partial charge in [0, 0.05) is 6.04 Å². The first-order chi connectivity index (χ1) is 9.95. The van der Waals surface area contributed by atoms with Crippen LogP contribution in [-0.2, 0) is 10.0 Å². The monoisotopic (exact) mass is 308 g/mol. The summed E-state index contributed by atoms with van der Waals surface area (Å²) in [5.74, 6) is -0.745. The maximum atomic E-state index is 13.4. The van der Waals surface area contributed by atoms with Crippen LogP contribution in [0.4, 0.5) is 10.1 Å². The second-order valence-electron chi connectivity index (χ2n) is 4.64. The highest BCUT2D eigenvalue weighted by molar-refractivity contribution is 7.89. The second-order valence-corrected chi connectivity index (χ2v) is 6.33. The van der Waals surface area contributed by atoms with E-state index in [4.69, 9.17) is 5.73 Å². The Labute approximate surface area is 123 Å². The molecule has 2 aromatic rings. The van der Waals surface area contributed by atoms with E-state index in [1.807, 2.05) is 37.3 Å². The Morgan fingerprint density at radius 3 is 2.43 bits per heavy atom. The Hall–Kier alpha value is -1.92. The van der Waals surface area contributed by atoms with Crippen LogP contribution in [0.15, 0.2) is 53.4 Å². The average molecular weight is 308 g/mol. The Kier molecular flexibility index (Phi) is 4.59. The molecule has 0 aromatic heterocycles. The van der Waals surface area contributed by atoms with Crippen LogP contribution in [0.2, 0.25) is 0 Å². The van der Waals surface area contributed by atoms with E-state index in [0.717, 1.165) is 11.6 Å². The van der Waals surface area contributed by atoms with Crippen LogP contribution >= 0.6 is 0 Å². The van der Waals surface area contributed by atoms with Crippen molar-refractivity contribution in [3.05, 3.63) is 59.9 Å². The molecule has 0 aliphatic heterocycles. The topological polar surface area (TPSA) is 72.2 Å². The summed E-state index contributed by atoms with van der Waals surface area (Å²) < 4.78 is 40.8. The first-order valence-corrected chi connectivity index (χ1v) is 8.05. The minimum Gasteiger partial charge on any atom is -0.395 e. The van der Waals surface area contributed by atoms with E-state index >= 15 is 0 Å². The Balaban J connectivity index is 2.34. The zero-order chi connectivity index (χ0) is 15.5. The van der Waals surface area contributed by atoms with Crippen molar-refractivity contribution in [2.24, 2.45) is 0 Å². The first kappa shape index (κ1) is 15.5. The zero-order valence-corrected chi connectivity index (χ0v) is 12.4. The molecule has 0 amide bonds. The van der Waals surface area contributed by atoms with E-state index in [-0.39, 0.29) is 16.6 Å². The van der Waals surface area contributed by atoms with Crippen LogP contribution in [0.25, 0.3) is 0 Å². The van der Waals surface area contributed by atoms with Gasteiger partial charge in [-0.25, -0.2) is 17.5 Å². The molecule has 0 aliphatic rings. The number of benzene rings is 2. The molecular weight excluding hydrogens is 291 g/mol. The van der Waals surface area contributed by atoms with Crippen LogP contribution < -0.4 is 10.5 Å². The standard InChI is InChI=1S/C15H17FN2O2S/c1-2-13(11-7-4-3-5-8-11)18-21(19,20)14-10-6-9-12(16)15(14)17/h3-10,13,18H,2,17H2,1H3. The van der Waals surface area contributed by atoms with Gasteiger partial charge in [0.1, 0.15) is 10.7 Å². The predicted octanol–water partition coefficient (Wildman–Crippen LogP) is 2.84. The van der Waals surface area contributed by atoms with Gasteiger partial charge in [-0.3, -0.25) is 0 Å². The zero-order valence-electron chi connectivity index (χ0n) is 11.6. The van der Waals surface area contributed by atoms with Crippen molar-refractivity contribution < 1.29 is 12.8 Å². The van der Waals surface area contributed by atoms with Gasteiger partial charge in [0.15, 0.2) is 0 Å². The lowest BCUT2D eigenvalue weighted by Crippen LogP contribution is -2.29. The maximum Gasteiger partial charge on any atom is 0.243 e. The van der Waals surface area contributed by atoms with E-state index in [1.54, 1.807) is 0 Å². The number of halogens is 1. The molecule has 21 heavy (non-hydrogen) atoms. The second kappa shape index (κ2) is 6.24. The van der Waals surface area contributed by atoms with Gasteiger partial charge in [-0.15, -0.1) is 0 Å². The molecule has 6 heteroatoms. The Bertz CT molecular complexity index is 718. The number of nitrogens with two attached hydrogens (primary N) is 1. The third kappa shape index (κ3) is 3.40. The molecule has 3 N–H and O–H groups in total. The average Bonchev–Trinajstić information content (AvgIpc) is 2.48. The normalized spacial score (nSPS) is 13.0. The van der Waals surface area contributed by atoms with Gasteiger partial charge in [-0.2, -0.15) is 0 Å². The summed E-state index contributed by atoms with van der Waals surface area (Å²) >= 11 is 0. The number of hydrogen-bond donors (Lipinski definition) is 2. The van der Waals surface area contributed by atoms with Gasteiger partial charge in [0.25, 0.3) is 0 Å². The molecule has 0 fully saturated rings. The Morgan fingerprint density at radius 2 is 1.81 bits per heavy atom. The maximum absolute atomic E-state index is 13.4. The summed E-state index contributed by atoms with van der Waals surface area (Å²) in [6, 6.07) is 12.6. The summed E-state index contributed by atoms with van der Waals surface area (Å²) in [4.78, 5) is -0.239. The molecular formula is C15H17FN2O2S. The predicted molar refractivity (Wildman–Crippen MR) is 80.6 cm³/mol. The van der Waals surface area contributed by atoms with Crippen LogP contribution in [-0.4, -0.2) is 8.42 Å². The van der Waals surface area contributed by atoms with E-state index < -0.39 is 15.8 Å². The van der Waals surface area contributed by atoms with Crippen molar-refractivity contribution in [3.8, 4) is 0 Å². The van der Waals surface area contributed by atoms with Crippen LogP contribution in [0.1, 0.15) is 24.9 Å². The van der Waals surface area contributed by atoms with E-state index in [1.165, 1.54) is 12.1 Å². The quantitative estimate of drug-likeness (QED) is 0.834. The minimum atomic E-state index is -3.89. The first-order valence-electron chi connectivity index (χ1n) is 6.57. The number of hydrogen-bond acceptors (Lipinski definition) is 3. The lowest BCUT2D eigenvalue weighted by atomic mass is 10.1. The van der Waals surface area contributed by atoms with E-state index in [0.29, 0.717) is 6.42 Å². The van der Waals surface area contributed by atoms with Gasteiger partial charge in [-0.1, -0.05) is 43.3 Å². The highest BCUT2D eigenvalue weighted by Gasteiger charge is 2.23. The smallest absolute Gasteiger partial charge is 0.243 e. The number of para-hydroxylation sites is 1. The summed E-state index contributed by atoms with van der Waals surface area (Å²) in [5.41, 5.74) is 6.01. The van der Waals surface area contributed by atoms with Crippen LogP contribution in [0.5, 0.6) is 0 Å². The summed E-state index contributed by atoms with van der Waals surface area (Å²) in [6.45, 7) is 1.87. The van der Waals surface area contributed by atoms with Gasteiger partial charge >= 0.3 is 0 Å². The molecule has 4 nitrogen and oxygen atoms in total. The summed E-state index contributed by atoms with van der Waals surface area (Å²) in [6.07, 6.45) is 0.568. The number of nitrogens with one attached hydrogen (secondary N) is 1. The van der Waals surface area contributed by atoms with Crippen molar-refractivity contribution >= 4 is 15.7 Å². The molecule has 0 saturated heterocycles. The molecule has 1 unspecified atom stereocenters. The minimum absolute atomic E-state index is 0.239. The molecule has 112 valence electrons. The van der Waals surface area contributed by atoms with Crippen molar-refractivity contribution in [2.75, 3.05) is 5.73 Å². The highest BCUT2D eigenvalue weighted by Crippen LogP contribution is 2.24. The SMILES string of the molecule is CCC(NS(=O)(=O)c1cccc(F)c1N)c1ccccc1. The largest absolute Gasteiger partial charge is 0.395 e. The van der Waals surface area contributed by atoms with Crippen molar-refractivity contribution in [1.29, 1.82) is 0 Å². The third-order valence-corrected chi connectivity index (χ3v) is 4.74. The molecule has 2 aromatic carbocycles. The number of rotatable bonds is 5. The molecule has 0 heterocycles. The van der Waals surface area contributed by atoms with Crippen LogP contribution in [0.3, 0.4) is 0 Å². The van der Waals surface area contributed by atoms with Crippen LogP contribution in [0, 0.1) is 5.82 Å². The fraction of sp³-hybridized carbons (Fsp3) is 0.200. The summed E-state index contributed by atoms with van der Waals surface area (Å²) in [5, 5.41) is 0. The number of anilines is 1. The molecule has 2 rings (SSSR count). The summed E-state index contributed by atoms with van der Waals surface area (Å²) in [7, 11) is -3.89. The highest BCUT2D eigenvalue weighted by atomic mass is 32.2. The third-order valence-electron chi connectivity index (χ3n) is 3.21. The molecule has 0 spiro atoms. The van der Waals surface area contributed by atoms with Crippen molar-refractivity contribution in [1.82, 2.24) is 4.72 Å². The lowest BCUT2D eigenvalue weighted by Gasteiger charge is -2.18. The van der Waals surface area contributed by atoms with Gasteiger partial charge in [0.2, 0.25) is 10.0 Å². The molecule has 1 atom stereocenters. The van der Waals surface area contributed by atoms with Gasteiger partial charge in [0.05, 0.1) is 5.69 Å². The fourth-order valence-electron chi connectivity index (χ4n) is 2.07. The molecule has 0 aliphatic carbocycles. The number of nitrogen functional groups attached to an aromatic ring is 1. The fourth-order valence-corrected chi connectivity index (χ4v) is 3.52. The van der Waals surface area contributed by atoms with Crippen molar-refractivity contribution in [2.45, 2.75) is 24.3 Å². The van der Waals surface area contributed by atoms with Gasteiger partial charge in [-0.05, 0) is 24.1 Å². The van der Waals surface area contributed by atoms with Gasteiger partial charge < -0.3 is 5.73 Å². The lowest BCUT2D eigenvalue weighted by molar-refractivity contribution is 0.549. The molecule has 0 bridgehead atoms. The molecule has 0 saturated carbocycles. The Morgan fingerprint density at radius 1 is 1.14 bits per heavy atom. The molecule has 0 radical (unpaired) electrons. The number of sulfonamides is 1. The van der Waals surface area contributed by atoms with Crippen molar-refractivity contribution in [3.63, 3.8) is 0 Å².